The Morgan fingerprint density at radius 2 is 1.30 bits per heavy atom. The van der Waals surface area contributed by atoms with Crippen molar-refractivity contribution in [1.29, 1.82) is 0 Å². The third-order valence-electron chi connectivity index (χ3n) is 26.6. The summed E-state index contributed by atoms with van der Waals surface area (Å²) in [5.41, 5.74) is 2.11. The van der Waals surface area contributed by atoms with Crippen LogP contribution in [-0.2, 0) is 64.9 Å². The number of rotatable bonds is 20. The van der Waals surface area contributed by atoms with Gasteiger partial charge >= 0.3 is 0 Å². The first kappa shape index (κ1) is 66.3. The Bertz CT molecular complexity index is 2640. The van der Waals surface area contributed by atoms with Crippen molar-refractivity contribution < 1.29 is 51.9 Å². The van der Waals surface area contributed by atoms with Crippen LogP contribution in [0.15, 0.2) is 72.3 Å². The van der Waals surface area contributed by atoms with E-state index in [4.69, 9.17) is 42.3 Å². The van der Waals surface area contributed by atoms with Gasteiger partial charge in [-0.3, -0.25) is 4.79 Å². The average molecular weight is 1210 g/mol. The lowest BCUT2D eigenvalue weighted by Crippen LogP contribution is -2.68. The summed E-state index contributed by atoms with van der Waals surface area (Å²) in [7, 11) is -0.394. The second-order valence-electron chi connectivity index (χ2n) is 31.2. The van der Waals surface area contributed by atoms with Crippen molar-refractivity contribution in [1.82, 2.24) is 0 Å². The summed E-state index contributed by atoms with van der Waals surface area (Å²) < 4.78 is 65.6. The van der Waals surface area contributed by atoms with E-state index in [0.29, 0.717) is 50.4 Å². The fourth-order valence-corrected chi connectivity index (χ4v) is 22.6. The van der Waals surface area contributed by atoms with Crippen molar-refractivity contribution in [2.75, 3.05) is 20.3 Å². The van der Waals surface area contributed by atoms with Crippen LogP contribution in [0, 0.1) is 85.8 Å². The van der Waals surface area contributed by atoms with E-state index in [0.717, 1.165) is 75.1 Å². The van der Waals surface area contributed by atoms with Gasteiger partial charge in [0.25, 0.3) is 0 Å². The fourth-order valence-electron chi connectivity index (χ4n) is 19.7. The van der Waals surface area contributed by atoms with Gasteiger partial charge in [-0.15, -0.1) is 0 Å². The molecule has 0 aromatic heterocycles. The molecule has 0 N–H and O–H groups in total. The van der Waals surface area contributed by atoms with Crippen LogP contribution in [0.4, 0.5) is 0 Å². The Morgan fingerprint density at radius 3 is 1.94 bits per heavy atom. The number of Topliss-reactive ketones (excluding diaryl/α,β-unsaturated/α-hetero) is 1. The molecule has 0 bridgehead atoms. The maximum atomic E-state index is 14.7. The number of ketones is 1. The molecule has 480 valence electrons. The predicted molar refractivity (Wildman–Crippen MR) is 341 cm³/mol. The summed E-state index contributed by atoms with van der Waals surface area (Å²) in [5, 5.41) is 0. The molecule has 0 amide bonds. The van der Waals surface area contributed by atoms with Crippen LogP contribution < -0.4 is 0 Å². The van der Waals surface area contributed by atoms with Gasteiger partial charge in [0.05, 0.1) is 67.3 Å². The van der Waals surface area contributed by atoms with Crippen molar-refractivity contribution in [3.8, 4) is 0 Å². The molecule has 5 aliphatic carbocycles. The molecule has 3 saturated heterocycles. The highest BCUT2D eigenvalue weighted by Gasteiger charge is 2.72. The number of allylic oxidation sites excluding steroid dienone is 2. The molecule has 10 rings (SSSR count). The molecule has 0 spiro atoms. The summed E-state index contributed by atoms with van der Waals surface area (Å²) in [4.78, 5) is 28.9. The molecular formula is C74H114O11Si. The van der Waals surface area contributed by atoms with Crippen LogP contribution in [0.5, 0.6) is 0 Å². The number of aldehydes is 1. The third-order valence-corrected chi connectivity index (χ3v) is 31.2. The molecule has 2 aromatic rings. The second kappa shape index (κ2) is 25.8. The molecule has 3 heterocycles. The Morgan fingerprint density at radius 1 is 0.663 bits per heavy atom. The number of carbonyl (C=O) groups is 2. The molecule has 4 saturated carbocycles. The van der Waals surface area contributed by atoms with Crippen molar-refractivity contribution in [2.45, 2.75) is 261 Å². The first-order valence-corrected chi connectivity index (χ1v) is 36.8. The first-order chi connectivity index (χ1) is 40.8. The minimum Gasteiger partial charge on any atom is -0.408 e. The summed E-state index contributed by atoms with van der Waals surface area (Å²) in [6.45, 7) is 38.5. The molecule has 24 atom stereocenters. The number of methoxy groups -OCH3 is 1. The average Bonchev–Trinajstić information content (AvgIpc) is 0.688. The van der Waals surface area contributed by atoms with Gasteiger partial charge in [-0.05, 0) is 163 Å². The van der Waals surface area contributed by atoms with Gasteiger partial charge in [0.1, 0.15) is 18.2 Å². The minimum absolute atomic E-state index is 0.0391. The molecule has 0 radical (unpaired) electrons. The van der Waals surface area contributed by atoms with Gasteiger partial charge in [0.15, 0.2) is 27.2 Å². The highest BCUT2D eigenvalue weighted by atomic mass is 28.4. The number of ether oxygens (including phenoxy) is 8. The summed E-state index contributed by atoms with van der Waals surface area (Å²) >= 11 is 0. The lowest BCUT2D eigenvalue weighted by atomic mass is 9.33. The molecule has 86 heavy (non-hydrogen) atoms. The molecule has 11 nitrogen and oxygen atoms in total. The van der Waals surface area contributed by atoms with E-state index in [-0.39, 0.29) is 87.4 Å². The third kappa shape index (κ3) is 11.7. The predicted octanol–water partition coefficient (Wildman–Crippen LogP) is 15.8. The van der Waals surface area contributed by atoms with E-state index < -0.39 is 56.3 Å². The molecule has 3 aliphatic heterocycles. The molecule has 10 unspecified atom stereocenters. The maximum absolute atomic E-state index is 14.7. The maximum Gasteiger partial charge on any atom is 0.192 e. The van der Waals surface area contributed by atoms with E-state index in [1.165, 1.54) is 17.4 Å². The van der Waals surface area contributed by atoms with Gasteiger partial charge < -0.3 is 47.1 Å². The smallest absolute Gasteiger partial charge is 0.192 e. The van der Waals surface area contributed by atoms with Gasteiger partial charge in [0, 0.05) is 18.9 Å². The summed E-state index contributed by atoms with van der Waals surface area (Å²) in [5.74, 6) is 1.64. The molecule has 12 heteroatoms. The summed E-state index contributed by atoms with van der Waals surface area (Å²) in [6, 6.07) is 23.9. The molecule has 8 aliphatic rings. The standard InChI is InChI=1S/C74H114O11Si/c1-18-86(19-2,20-3)85-64-49(7)48(6)58(44-78-43-54-29-25-22-26-30-54)81-67(64)84-65-63(83-66-50(8)47(5)46(4)42-79-66)51(9)57(39-53-27-23-21-24-28-53)80-68(65)82-61-34-35-70(13)59(71(61,14)45-75)33-36-72(15)60(70)32-31-55-56-40-69(11,12)37-38-74(56,52(10)76)62(77-17)41-73(55,72)16/h21-31,45-51,56-68H,18-20,32-44H2,1-17H3/t46-,47+,48-,49+,50?,51-,56?,57?,58?,59-,60?,61+,62?,63+,64?,65?,66+,67+,68+,70?,71-,72?,73-,74-/m1/s1. The Hall–Kier alpha value is -2.62. The van der Waals surface area contributed by atoms with E-state index in [2.05, 4.69) is 165 Å². The lowest BCUT2D eigenvalue weighted by Gasteiger charge is -2.72. The van der Waals surface area contributed by atoms with Crippen molar-refractivity contribution in [3.63, 3.8) is 0 Å². The zero-order valence-corrected chi connectivity index (χ0v) is 57.2. The van der Waals surface area contributed by atoms with E-state index >= 15 is 0 Å². The largest absolute Gasteiger partial charge is 0.408 e. The van der Waals surface area contributed by atoms with Gasteiger partial charge in [-0.2, -0.15) is 0 Å². The number of hydrogen-bond acceptors (Lipinski definition) is 11. The topological polar surface area (TPSA) is 117 Å². The summed E-state index contributed by atoms with van der Waals surface area (Å²) in [6.07, 6.45) is 7.44. The number of benzene rings is 2. The zero-order chi connectivity index (χ0) is 61.9. The Labute approximate surface area is 520 Å². The molecular weight excluding hydrogens is 1090 g/mol. The van der Waals surface area contributed by atoms with Gasteiger partial charge in [-0.1, -0.05) is 176 Å². The minimum atomic E-state index is -2.25. The van der Waals surface area contributed by atoms with E-state index in [1.54, 1.807) is 0 Å². The second-order valence-corrected chi connectivity index (χ2v) is 35.9. The molecule has 7 fully saturated rings. The Kier molecular flexibility index (Phi) is 19.9. The first-order valence-electron chi connectivity index (χ1n) is 34.3. The van der Waals surface area contributed by atoms with Gasteiger partial charge in [-0.25, -0.2) is 0 Å². The highest BCUT2D eigenvalue weighted by Crippen LogP contribution is 2.76. The molecule has 2 aromatic carbocycles. The van der Waals surface area contributed by atoms with Crippen LogP contribution in [0.1, 0.15) is 180 Å². The number of hydrogen-bond donors (Lipinski definition) is 0. The lowest BCUT2D eigenvalue weighted by molar-refractivity contribution is -0.381. The fraction of sp³-hybridized carbons (Fsp3) is 0.784. The van der Waals surface area contributed by atoms with Crippen LogP contribution in [0.25, 0.3) is 0 Å². The van der Waals surface area contributed by atoms with Crippen LogP contribution in [0.3, 0.4) is 0 Å². The normalized spacial score (nSPS) is 44.9. The van der Waals surface area contributed by atoms with Crippen LogP contribution >= 0.6 is 0 Å². The van der Waals surface area contributed by atoms with Crippen molar-refractivity contribution in [2.24, 2.45) is 85.8 Å². The SMILES string of the molecule is CC[Si](CC)(CC)OC1[C@H](OC2[C@H](O[C@H]3CCC4(C)C5CC=C6C7CC(C)(C)CC[C@]7(C(C)=O)C(OC)C[C@@]6(C)C5(C)CC[C@H]4[C@@]3(C)C=O)OC(Cc3ccccc3)[C@@H](C)[C@@H]2O[C@@H]2OC[C@@H](C)[C@H](C)C2C)OC(COCc2ccccc2)[C@H](C)[C@@H]1C. The van der Waals surface area contributed by atoms with Crippen molar-refractivity contribution >= 4 is 20.4 Å². The van der Waals surface area contributed by atoms with Crippen LogP contribution in [0.2, 0.25) is 18.1 Å². The zero-order valence-electron chi connectivity index (χ0n) is 56.2. The number of fused-ring (bicyclic) bond motifs is 7. The van der Waals surface area contributed by atoms with Crippen molar-refractivity contribution in [3.05, 3.63) is 83.4 Å². The van der Waals surface area contributed by atoms with Crippen LogP contribution in [-0.4, -0.2) is 102 Å². The Balaban J connectivity index is 1.02. The van der Waals surface area contributed by atoms with E-state index in [9.17, 15) is 9.59 Å². The number of carbonyl (C=O) groups excluding carboxylic acids is 2. The quantitative estimate of drug-likeness (QED) is 0.0546. The van der Waals surface area contributed by atoms with E-state index in [1.807, 2.05) is 20.1 Å². The van der Waals surface area contributed by atoms with Gasteiger partial charge in [0.2, 0.25) is 0 Å². The monoisotopic (exact) mass is 1210 g/mol. The highest BCUT2D eigenvalue weighted by molar-refractivity contribution is 6.73.